The number of carbonyl (C=O) groups excluding carboxylic acids is 1. The van der Waals surface area contributed by atoms with E-state index in [-0.39, 0.29) is 23.6 Å². The highest BCUT2D eigenvalue weighted by Crippen LogP contribution is 2.28. The minimum absolute atomic E-state index is 0.0212. The number of carbonyl (C=O) groups is 1. The third kappa shape index (κ3) is 4.24. The lowest BCUT2D eigenvalue weighted by molar-refractivity contribution is 0.0928. The van der Waals surface area contributed by atoms with Crippen LogP contribution < -0.4 is 5.32 Å². The minimum Gasteiger partial charge on any atom is -0.355 e. The van der Waals surface area contributed by atoms with E-state index in [1.165, 1.54) is 0 Å². The molecule has 1 atom stereocenters. The van der Waals surface area contributed by atoms with Gasteiger partial charge in [-0.1, -0.05) is 65.8 Å². The smallest absolute Gasteiger partial charge is 0.273 e. The molecule has 2 aromatic carbocycles. The van der Waals surface area contributed by atoms with Crippen molar-refractivity contribution in [3.63, 3.8) is 0 Å². The van der Waals surface area contributed by atoms with E-state index in [0.717, 1.165) is 16.7 Å². The number of hydrogen-bond acceptors (Lipinski definition) is 4. The Morgan fingerprint density at radius 2 is 1.48 bits per heavy atom. The van der Waals surface area contributed by atoms with Crippen LogP contribution >= 0.6 is 0 Å². The van der Waals surface area contributed by atoms with Gasteiger partial charge < -0.3 is 9.84 Å². The maximum Gasteiger partial charge on any atom is 0.273 e. The largest absolute Gasteiger partial charge is 0.355 e. The maximum absolute atomic E-state index is 12.8. The van der Waals surface area contributed by atoms with Crippen molar-refractivity contribution in [2.75, 3.05) is 0 Å². The molecule has 1 unspecified atom stereocenters. The highest BCUT2D eigenvalue weighted by atomic mass is 16.5. The molecule has 4 aromatic rings. The molecule has 0 fully saturated rings. The van der Waals surface area contributed by atoms with Crippen LogP contribution in [0.25, 0.3) is 11.3 Å². The van der Waals surface area contributed by atoms with Crippen LogP contribution in [0.15, 0.2) is 95.8 Å². The van der Waals surface area contributed by atoms with Crippen LogP contribution in [0.4, 0.5) is 0 Å². The molecule has 0 saturated carbocycles. The Bertz CT molecular complexity index is 1020. The van der Waals surface area contributed by atoms with Crippen LogP contribution in [0.2, 0.25) is 0 Å². The number of aromatic nitrogens is 2. The molecule has 29 heavy (non-hydrogen) atoms. The first kappa shape index (κ1) is 18.6. The predicted octanol–water partition coefficient (Wildman–Crippen LogP) is 4.69. The van der Waals surface area contributed by atoms with Gasteiger partial charge in [-0.15, -0.1) is 0 Å². The summed E-state index contributed by atoms with van der Waals surface area (Å²) in [7, 11) is 0. The van der Waals surface area contributed by atoms with Crippen LogP contribution in [0.3, 0.4) is 0 Å². The molecule has 0 spiro atoms. The van der Waals surface area contributed by atoms with Gasteiger partial charge in [0.05, 0.1) is 0 Å². The van der Waals surface area contributed by atoms with E-state index in [9.17, 15) is 4.79 Å². The average Bonchev–Trinajstić information content (AvgIpc) is 3.27. The number of pyridine rings is 1. The number of hydrogen-bond donors (Lipinski definition) is 1. The molecule has 5 heteroatoms. The van der Waals surface area contributed by atoms with E-state index in [0.29, 0.717) is 5.76 Å². The van der Waals surface area contributed by atoms with Crippen molar-refractivity contribution in [2.45, 2.75) is 18.9 Å². The second-order valence-corrected chi connectivity index (χ2v) is 6.87. The third-order valence-electron chi connectivity index (χ3n) is 4.88. The summed E-state index contributed by atoms with van der Waals surface area (Å²) in [6.07, 6.45) is 3.34. The minimum atomic E-state index is -0.265. The van der Waals surface area contributed by atoms with Crippen LogP contribution in [-0.2, 0) is 0 Å². The zero-order chi connectivity index (χ0) is 20.1. The van der Waals surface area contributed by atoms with Crippen molar-refractivity contribution < 1.29 is 9.32 Å². The number of nitrogens with one attached hydrogen (secondary N) is 1. The van der Waals surface area contributed by atoms with Crippen molar-refractivity contribution >= 4 is 5.91 Å². The highest BCUT2D eigenvalue weighted by molar-refractivity contribution is 5.93. The Labute approximate surface area is 169 Å². The van der Waals surface area contributed by atoms with Gasteiger partial charge in [0.15, 0.2) is 11.5 Å². The first-order chi connectivity index (χ1) is 14.2. The zero-order valence-electron chi connectivity index (χ0n) is 16.0. The van der Waals surface area contributed by atoms with Crippen molar-refractivity contribution in [3.05, 3.63) is 108 Å². The van der Waals surface area contributed by atoms with Gasteiger partial charge >= 0.3 is 0 Å². The molecule has 0 bridgehead atoms. The van der Waals surface area contributed by atoms with Gasteiger partial charge in [-0.3, -0.25) is 9.78 Å². The number of benzene rings is 2. The molecule has 0 aliphatic rings. The molecule has 0 saturated heterocycles. The summed E-state index contributed by atoms with van der Waals surface area (Å²) in [5, 5.41) is 7.03. The second kappa shape index (κ2) is 8.52. The van der Waals surface area contributed by atoms with Gasteiger partial charge in [-0.25, -0.2) is 0 Å². The molecule has 5 nitrogen and oxygen atoms in total. The molecule has 0 aliphatic heterocycles. The van der Waals surface area contributed by atoms with E-state index >= 15 is 0 Å². The van der Waals surface area contributed by atoms with E-state index in [4.69, 9.17) is 4.52 Å². The van der Waals surface area contributed by atoms with Crippen molar-refractivity contribution in [2.24, 2.45) is 0 Å². The summed E-state index contributed by atoms with van der Waals surface area (Å²) in [6.45, 7) is 2.01. The first-order valence-corrected chi connectivity index (χ1v) is 9.50. The molecular formula is C24H21N3O2. The SMILES string of the molecule is CC(NC(=O)c1cc(-c2ccncc2)on1)C(c1ccccc1)c1ccccc1. The molecule has 4 rings (SSSR count). The van der Waals surface area contributed by atoms with Gasteiger partial charge in [-0.2, -0.15) is 0 Å². The molecule has 0 aliphatic carbocycles. The molecule has 2 heterocycles. The van der Waals surface area contributed by atoms with E-state index in [1.54, 1.807) is 18.5 Å². The van der Waals surface area contributed by atoms with Crippen molar-refractivity contribution in [1.82, 2.24) is 15.5 Å². The first-order valence-electron chi connectivity index (χ1n) is 9.50. The summed E-state index contributed by atoms with van der Waals surface area (Å²) < 4.78 is 5.34. The van der Waals surface area contributed by atoms with Crippen LogP contribution in [0.1, 0.15) is 34.5 Å². The topological polar surface area (TPSA) is 68.0 Å². The third-order valence-corrected chi connectivity index (χ3v) is 4.88. The molecule has 2 aromatic heterocycles. The lowest BCUT2D eigenvalue weighted by Crippen LogP contribution is -2.37. The Hall–Kier alpha value is -3.73. The summed E-state index contributed by atoms with van der Waals surface area (Å²) in [4.78, 5) is 16.8. The molecule has 144 valence electrons. The fourth-order valence-corrected chi connectivity index (χ4v) is 3.49. The lowest BCUT2D eigenvalue weighted by Gasteiger charge is -2.25. The van der Waals surface area contributed by atoms with Gasteiger partial charge in [0, 0.05) is 36.0 Å². The Morgan fingerprint density at radius 3 is 2.07 bits per heavy atom. The summed E-state index contributed by atoms with van der Waals surface area (Å²) in [5.41, 5.74) is 3.36. The molecule has 0 radical (unpaired) electrons. The number of amides is 1. The Kier molecular flexibility index (Phi) is 5.47. The Morgan fingerprint density at radius 1 is 0.897 bits per heavy atom. The lowest BCUT2D eigenvalue weighted by atomic mass is 9.86. The number of nitrogens with zero attached hydrogens (tertiary/aromatic N) is 2. The predicted molar refractivity (Wildman–Crippen MR) is 111 cm³/mol. The van der Waals surface area contributed by atoms with E-state index < -0.39 is 0 Å². The normalized spacial score (nSPS) is 11.9. The van der Waals surface area contributed by atoms with Gasteiger partial charge in [0.2, 0.25) is 0 Å². The van der Waals surface area contributed by atoms with Gasteiger partial charge in [0.25, 0.3) is 5.91 Å². The zero-order valence-corrected chi connectivity index (χ0v) is 16.0. The second-order valence-electron chi connectivity index (χ2n) is 6.87. The Balaban J connectivity index is 1.56. The summed E-state index contributed by atoms with van der Waals surface area (Å²) in [6, 6.07) is 25.5. The van der Waals surface area contributed by atoms with Crippen molar-refractivity contribution in [3.8, 4) is 11.3 Å². The van der Waals surface area contributed by atoms with Gasteiger partial charge in [-0.05, 0) is 30.2 Å². The van der Waals surface area contributed by atoms with E-state index in [1.807, 2.05) is 55.5 Å². The highest BCUT2D eigenvalue weighted by Gasteiger charge is 2.24. The quantitative estimate of drug-likeness (QED) is 0.525. The maximum atomic E-state index is 12.8. The van der Waals surface area contributed by atoms with Crippen LogP contribution in [0.5, 0.6) is 0 Å². The number of rotatable bonds is 6. The van der Waals surface area contributed by atoms with Crippen molar-refractivity contribution in [1.29, 1.82) is 0 Å². The van der Waals surface area contributed by atoms with Gasteiger partial charge in [0.1, 0.15) is 0 Å². The molecule has 1 N–H and O–H groups in total. The fraction of sp³-hybridized carbons (Fsp3) is 0.125. The summed E-state index contributed by atoms with van der Waals surface area (Å²) >= 11 is 0. The van der Waals surface area contributed by atoms with Crippen LogP contribution in [0, 0.1) is 0 Å². The summed E-state index contributed by atoms with van der Waals surface area (Å²) in [5.74, 6) is 0.291. The fourth-order valence-electron chi connectivity index (χ4n) is 3.49. The average molecular weight is 383 g/mol. The molecule has 1 amide bonds. The molecular weight excluding hydrogens is 362 g/mol. The van der Waals surface area contributed by atoms with Crippen LogP contribution in [-0.4, -0.2) is 22.1 Å². The standard InChI is InChI=1S/C24H21N3O2/c1-17(23(19-8-4-2-5-9-19)20-10-6-3-7-11-20)26-24(28)21-16-22(29-27-21)18-12-14-25-15-13-18/h2-17,23H,1H3,(H,26,28). The monoisotopic (exact) mass is 383 g/mol. The van der Waals surface area contributed by atoms with E-state index in [2.05, 4.69) is 39.7 Å².